The molecule has 1 rings (SSSR count). The summed E-state index contributed by atoms with van der Waals surface area (Å²) in [6.07, 6.45) is 5.15. The number of carbonyl (C=O) groups excluding carboxylic acids is 1. The van der Waals surface area contributed by atoms with Gasteiger partial charge >= 0.3 is 6.03 Å². The molecule has 0 aliphatic carbocycles. The fourth-order valence-corrected chi connectivity index (χ4v) is 2.78. The third-order valence-electron chi connectivity index (χ3n) is 2.93. The highest BCUT2D eigenvalue weighted by molar-refractivity contribution is 7.98. The molecule has 1 aromatic rings. The standard InChI is InChI=1S/C14H22N2OS2/c1-11-12(7-5-8-13(11)19-4)15-14(17)16(2)9-6-10-18-3/h5,7-8H,6,9-10H2,1-4H3,(H,15,17). The highest BCUT2D eigenvalue weighted by Gasteiger charge is 2.10. The van der Waals surface area contributed by atoms with Gasteiger partial charge in [0, 0.05) is 24.2 Å². The van der Waals surface area contributed by atoms with Gasteiger partial charge in [0.1, 0.15) is 0 Å². The molecule has 0 aliphatic rings. The average molecular weight is 298 g/mol. The van der Waals surface area contributed by atoms with Gasteiger partial charge in [0.05, 0.1) is 0 Å². The number of carbonyl (C=O) groups is 1. The van der Waals surface area contributed by atoms with Crippen molar-refractivity contribution in [1.29, 1.82) is 0 Å². The van der Waals surface area contributed by atoms with Gasteiger partial charge in [-0.2, -0.15) is 11.8 Å². The molecule has 106 valence electrons. The number of nitrogens with zero attached hydrogens (tertiary/aromatic N) is 1. The van der Waals surface area contributed by atoms with E-state index in [1.807, 2.05) is 32.4 Å². The molecule has 0 aromatic heterocycles. The van der Waals surface area contributed by atoms with Gasteiger partial charge in [-0.15, -0.1) is 11.8 Å². The first-order chi connectivity index (χ1) is 9.10. The van der Waals surface area contributed by atoms with Crippen LogP contribution in [0.25, 0.3) is 0 Å². The smallest absolute Gasteiger partial charge is 0.321 e. The summed E-state index contributed by atoms with van der Waals surface area (Å²) in [5, 5.41) is 2.98. The predicted octanol–water partition coefficient (Wildman–Crippen LogP) is 3.93. The van der Waals surface area contributed by atoms with E-state index in [-0.39, 0.29) is 6.03 Å². The molecule has 0 bridgehead atoms. The minimum Gasteiger partial charge on any atom is -0.328 e. The highest BCUT2D eigenvalue weighted by atomic mass is 32.2. The summed E-state index contributed by atoms with van der Waals surface area (Å²) in [4.78, 5) is 15.0. The number of amides is 2. The highest BCUT2D eigenvalue weighted by Crippen LogP contribution is 2.26. The summed E-state index contributed by atoms with van der Waals surface area (Å²) in [6, 6.07) is 5.95. The van der Waals surface area contributed by atoms with Gasteiger partial charge in [-0.05, 0) is 49.3 Å². The van der Waals surface area contributed by atoms with E-state index < -0.39 is 0 Å². The molecule has 0 heterocycles. The molecule has 0 saturated heterocycles. The number of hydrogen-bond donors (Lipinski definition) is 1. The Hall–Kier alpha value is -0.810. The number of hydrogen-bond acceptors (Lipinski definition) is 3. The second-order valence-electron chi connectivity index (χ2n) is 4.33. The van der Waals surface area contributed by atoms with Crippen LogP contribution in [0.3, 0.4) is 0 Å². The maximum absolute atomic E-state index is 12.1. The fraction of sp³-hybridized carbons (Fsp3) is 0.500. The second-order valence-corrected chi connectivity index (χ2v) is 6.16. The van der Waals surface area contributed by atoms with Crippen LogP contribution in [-0.4, -0.2) is 42.8 Å². The Labute approximate surface area is 124 Å². The zero-order valence-corrected chi connectivity index (χ0v) is 13.7. The molecule has 0 aliphatic heterocycles. The lowest BCUT2D eigenvalue weighted by molar-refractivity contribution is 0.222. The molecule has 0 saturated carbocycles. The summed E-state index contributed by atoms with van der Waals surface area (Å²) in [6.45, 7) is 2.82. The van der Waals surface area contributed by atoms with Crippen molar-refractivity contribution in [3.8, 4) is 0 Å². The quantitative estimate of drug-likeness (QED) is 0.638. The van der Waals surface area contributed by atoms with Gasteiger partial charge in [0.25, 0.3) is 0 Å². The Morgan fingerprint density at radius 1 is 1.37 bits per heavy atom. The average Bonchev–Trinajstić information content (AvgIpc) is 2.41. The molecule has 19 heavy (non-hydrogen) atoms. The summed E-state index contributed by atoms with van der Waals surface area (Å²) in [7, 11) is 1.84. The third-order valence-corrected chi connectivity index (χ3v) is 4.51. The van der Waals surface area contributed by atoms with Crippen LogP contribution in [0.1, 0.15) is 12.0 Å². The van der Waals surface area contributed by atoms with E-state index in [2.05, 4.69) is 17.6 Å². The lowest BCUT2D eigenvalue weighted by Gasteiger charge is -2.19. The molecule has 1 N–H and O–H groups in total. The summed E-state index contributed by atoms with van der Waals surface area (Å²) in [5.74, 6) is 1.08. The zero-order chi connectivity index (χ0) is 14.3. The molecule has 3 nitrogen and oxygen atoms in total. The van der Waals surface area contributed by atoms with Crippen molar-refractivity contribution in [2.45, 2.75) is 18.2 Å². The Bertz CT molecular complexity index is 424. The van der Waals surface area contributed by atoms with E-state index in [9.17, 15) is 4.79 Å². The maximum atomic E-state index is 12.1. The number of rotatable bonds is 6. The molecule has 0 atom stereocenters. The van der Waals surface area contributed by atoms with Crippen LogP contribution in [0, 0.1) is 6.92 Å². The van der Waals surface area contributed by atoms with Crippen molar-refractivity contribution < 1.29 is 4.79 Å². The Balaban J connectivity index is 2.61. The van der Waals surface area contributed by atoms with Crippen molar-refractivity contribution in [3.05, 3.63) is 23.8 Å². The Morgan fingerprint density at radius 2 is 2.11 bits per heavy atom. The van der Waals surface area contributed by atoms with Crippen LogP contribution in [0.15, 0.2) is 23.1 Å². The first kappa shape index (κ1) is 16.2. The van der Waals surface area contributed by atoms with E-state index in [1.165, 1.54) is 4.90 Å². The number of anilines is 1. The van der Waals surface area contributed by atoms with Crippen LogP contribution in [0.5, 0.6) is 0 Å². The minimum atomic E-state index is -0.0394. The van der Waals surface area contributed by atoms with E-state index >= 15 is 0 Å². The fourth-order valence-electron chi connectivity index (χ4n) is 1.73. The second kappa shape index (κ2) is 8.38. The summed E-state index contributed by atoms with van der Waals surface area (Å²) >= 11 is 3.50. The SMILES string of the molecule is CSCCCN(C)C(=O)Nc1cccc(SC)c1C. The van der Waals surface area contributed by atoms with Crippen molar-refractivity contribution in [3.63, 3.8) is 0 Å². The topological polar surface area (TPSA) is 32.3 Å². The maximum Gasteiger partial charge on any atom is 0.321 e. The van der Waals surface area contributed by atoms with Crippen molar-refractivity contribution >= 4 is 35.2 Å². The molecular weight excluding hydrogens is 276 g/mol. The van der Waals surface area contributed by atoms with E-state index in [4.69, 9.17) is 0 Å². The summed E-state index contributed by atoms with van der Waals surface area (Å²) < 4.78 is 0. The van der Waals surface area contributed by atoms with E-state index in [0.29, 0.717) is 0 Å². The number of urea groups is 1. The molecular formula is C14H22N2OS2. The van der Waals surface area contributed by atoms with Crippen LogP contribution < -0.4 is 5.32 Å². The van der Waals surface area contributed by atoms with Crippen LogP contribution in [-0.2, 0) is 0 Å². The van der Waals surface area contributed by atoms with E-state index in [1.54, 1.807) is 28.4 Å². The largest absolute Gasteiger partial charge is 0.328 e. The lowest BCUT2D eigenvalue weighted by atomic mass is 10.2. The summed E-state index contributed by atoms with van der Waals surface area (Å²) in [5.41, 5.74) is 2.02. The normalized spacial score (nSPS) is 10.3. The molecule has 0 unspecified atom stereocenters. The molecule has 2 amide bonds. The number of thioether (sulfide) groups is 2. The first-order valence-corrected chi connectivity index (χ1v) is 8.86. The molecule has 0 radical (unpaired) electrons. The van der Waals surface area contributed by atoms with Crippen LogP contribution in [0.2, 0.25) is 0 Å². The molecule has 1 aromatic carbocycles. The third kappa shape index (κ3) is 4.99. The Kier molecular flexibility index (Phi) is 7.16. The predicted molar refractivity (Wildman–Crippen MR) is 87.6 cm³/mol. The first-order valence-electron chi connectivity index (χ1n) is 6.24. The molecule has 0 fully saturated rings. The van der Waals surface area contributed by atoms with Gasteiger partial charge in [-0.25, -0.2) is 4.79 Å². The van der Waals surface area contributed by atoms with Gasteiger partial charge in [0.2, 0.25) is 0 Å². The van der Waals surface area contributed by atoms with Gasteiger partial charge in [-0.1, -0.05) is 6.07 Å². The van der Waals surface area contributed by atoms with Gasteiger partial charge in [0.15, 0.2) is 0 Å². The van der Waals surface area contributed by atoms with Crippen LogP contribution in [0.4, 0.5) is 10.5 Å². The van der Waals surface area contributed by atoms with Crippen molar-refractivity contribution in [1.82, 2.24) is 4.90 Å². The number of benzene rings is 1. The van der Waals surface area contributed by atoms with Crippen LogP contribution >= 0.6 is 23.5 Å². The zero-order valence-electron chi connectivity index (χ0n) is 12.0. The van der Waals surface area contributed by atoms with Crippen molar-refractivity contribution in [2.75, 3.05) is 37.2 Å². The number of nitrogens with one attached hydrogen (secondary N) is 1. The van der Waals surface area contributed by atoms with E-state index in [0.717, 1.165) is 30.0 Å². The van der Waals surface area contributed by atoms with Gasteiger partial charge in [-0.3, -0.25) is 0 Å². The van der Waals surface area contributed by atoms with Gasteiger partial charge < -0.3 is 10.2 Å². The van der Waals surface area contributed by atoms with Crippen molar-refractivity contribution in [2.24, 2.45) is 0 Å². The minimum absolute atomic E-state index is 0.0394. The molecule has 0 spiro atoms. The Morgan fingerprint density at radius 3 is 2.74 bits per heavy atom. The lowest BCUT2D eigenvalue weighted by Crippen LogP contribution is -2.32. The molecule has 5 heteroatoms. The monoisotopic (exact) mass is 298 g/mol.